The lowest BCUT2D eigenvalue weighted by atomic mass is 10.6. The maximum Gasteiger partial charge on any atom is 0.230 e. The van der Waals surface area contributed by atoms with Crippen LogP contribution in [0.1, 0.15) is 5.69 Å². The second-order valence-corrected chi connectivity index (χ2v) is 3.91. The van der Waals surface area contributed by atoms with Crippen LogP contribution in [-0.4, -0.2) is 35.3 Å². The maximum atomic E-state index is 5.49. The lowest BCUT2D eigenvalue weighted by Crippen LogP contribution is -2.27. The summed E-state index contributed by atoms with van der Waals surface area (Å²) in [5.74, 6) is 2.63. The predicted molar refractivity (Wildman–Crippen MR) is 78.6 cm³/mol. The highest BCUT2D eigenvalue weighted by atomic mass is 35.5. The summed E-state index contributed by atoms with van der Waals surface area (Å²) in [5.41, 5.74) is 11.8. The third kappa shape index (κ3) is 7.32. The molecule has 1 aromatic rings. The van der Waals surface area contributed by atoms with Gasteiger partial charge in [-0.15, -0.1) is 24.8 Å². The Morgan fingerprint density at radius 2 is 2.29 bits per heavy atom. The monoisotopic (exact) mass is 300 g/mol. The number of guanidine groups is 1. The number of halogens is 2. The second-order valence-electron chi connectivity index (χ2n) is 2.80. The van der Waals surface area contributed by atoms with Gasteiger partial charge in [0.05, 0.1) is 5.69 Å². The maximum absolute atomic E-state index is 5.49. The van der Waals surface area contributed by atoms with E-state index in [2.05, 4.69) is 20.3 Å². The molecule has 1 rings (SSSR count). The molecule has 0 radical (unpaired) electrons. The van der Waals surface area contributed by atoms with Crippen LogP contribution in [0.25, 0.3) is 0 Å². The molecule has 0 aliphatic rings. The number of rotatable bonds is 5. The zero-order valence-electron chi connectivity index (χ0n) is 9.47. The second kappa shape index (κ2) is 10.5. The molecule has 0 unspecified atom stereocenters. The number of nitrogens with two attached hydrogens (primary N) is 2. The van der Waals surface area contributed by atoms with Crippen molar-refractivity contribution in [2.24, 2.45) is 16.5 Å². The van der Waals surface area contributed by atoms with Gasteiger partial charge in [-0.05, 0) is 0 Å². The molecule has 6 nitrogen and oxygen atoms in total. The molecule has 0 aliphatic carbocycles. The summed E-state index contributed by atoms with van der Waals surface area (Å²) in [6.45, 7) is 0.687. The number of hydrogen-bond donors (Lipinski definition) is 4. The van der Waals surface area contributed by atoms with Crippen molar-refractivity contribution in [3.8, 4) is 0 Å². The Bertz CT molecular complexity index is 330. The molecule has 0 aromatic carbocycles. The standard InChI is InChI=1S/C8H16N6S.2ClH/c1-11-7(10)14-8-12-4-6(13-8)5-15-3-2-9;;/h4H,2-3,5,9H2,1H3,(H4,10,11,12,13,14);2*1H. The van der Waals surface area contributed by atoms with Crippen molar-refractivity contribution in [3.05, 3.63) is 11.9 Å². The van der Waals surface area contributed by atoms with Crippen LogP contribution in [0.5, 0.6) is 0 Å². The number of imidazole rings is 1. The Morgan fingerprint density at radius 3 is 2.88 bits per heavy atom. The van der Waals surface area contributed by atoms with E-state index in [4.69, 9.17) is 11.5 Å². The first-order valence-electron chi connectivity index (χ1n) is 4.60. The molecule has 0 spiro atoms. The molecule has 100 valence electrons. The van der Waals surface area contributed by atoms with Gasteiger partial charge in [0.2, 0.25) is 5.95 Å². The SMILES string of the molecule is CN/C(N)=N\c1nc(CSCCN)c[nH]1.Cl.Cl. The van der Waals surface area contributed by atoms with Crippen molar-refractivity contribution >= 4 is 48.5 Å². The number of aromatic nitrogens is 2. The first-order valence-corrected chi connectivity index (χ1v) is 5.75. The van der Waals surface area contributed by atoms with E-state index in [0.717, 1.165) is 17.2 Å². The zero-order chi connectivity index (χ0) is 11.1. The van der Waals surface area contributed by atoms with Gasteiger partial charge >= 0.3 is 0 Å². The zero-order valence-corrected chi connectivity index (χ0v) is 11.9. The fourth-order valence-electron chi connectivity index (χ4n) is 0.910. The van der Waals surface area contributed by atoms with Crippen LogP contribution in [0.4, 0.5) is 5.95 Å². The van der Waals surface area contributed by atoms with E-state index in [1.165, 1.54) is 0 Å². The summed E-state index contributed by atoms with van der Waals surface area (Å²) in [6, 6.07) is 0. The normalized spacial score (nSPS) is 10.4. The van der Waals surface area contributed by atoms with Crippen molar-refractivity contribution in [1.82, 2.24) is 15.3 Å². The molecule has 0 amide bonds. The van der Waals surface area contributed by atoms with Gasteiger partial charge in [-0.25, -0.2) is 4.98 Å². The lowest BCUT2D eigenvalue weighted by molar-refractivity contribution is 1.11. The lowest BCUT2D eigenvalue weighted by Gasteiger charge is -1.95. The first-order chi connectivity index (χ1) is 7.26. The highest BCUT2D eigenvalue weighted by molar-refractivity contribution is 7.98. The van der Waals surface area contributed by atoms with Crippen LogP contribution in [-0.2, 0) is 5.75 Å². The molecule has 1 aromatic heterocycles. The topological polar surface area (TPSA) is 105 Å². The molecule has 17 heavy (non-hydrogen) atoms. The van der Waals surface area contributed by atoms with Gasteiger partial charge in [0.25, 0.3) is 0 Å². The average molecular weight is 301 g/mol. The van der Waals surface area contributed by atoms with Crippen LogP contribution >= 0.6 is 36.6 Å². The van der Waals surface area contributed by atoms with Gasteiger partial charge in [-0.1, -0.05) is 0 Å². The molecule has 1 heterocycles. The molecule has 0 saturated carbocycles. The highest BCUT2D eigenvalue weighted by Gasteiger charge is 2.00. The predicted octanol–water partition coefficient (Wildman–Crippen LogP) is 0.611. The van der Waals surface area contributed by atoms with Gasteiger partial charge in [-0.2, -0.15) is 16.8 Å². The fraction of sp³-hybridized carbons (Fsp3) is 0.500. The Labute approximate surface area is 117 Å². The summed E-state index contributed by atoms with van der Waals surface area (Å²) in [6.07, 6.45) is 1.82. The van der Waals surface area contributed by atoms with E-state index in [1.807, 2.05) is 6.20 Å². The van der Waals surface area contributed by atoms with Gasteiger partial charge in [0, 0.05) is 31.3 Å². The first kappa shape index (κ1) is 18.7. The van der Waals surface area contributed by atoms with Gasteiger partial charge < -0.3 is 21.8 Å². The van der Waals surface area contributed by atoms with Crippen LogP contribution < -0.4 is 16.8 Å². The number of nitrogens with one attached hydrogen (secondary N) is 2. The van der Waals surface area contributed by atoms with Crippen LogP contribution in [0.2, 0.25) is 0 Å². The Balaban J connectivity index is 0. The summed E-state index contributed by atoms with van der Waals surface area (Å²) in [7, 11) is 1.71. The van der Waals surface area contributed by atoms with E-state index in [-0.39, 0.29) is 24.8 Å². The Kier molecular flexibility index (Phi) is 11.6. The number of H-pyrrole nitrogens is 1. The van der Waals surface area contributed by atoms with Gasteiger partial charge in [0.15, 0.2) is 5.96 Å². The minimum absolute atomic E-state index is 0. The molecule has 6 N–H and O–H groups in total. The molecule has 9 heteroatoms. The molecule has 0 saturated heterocycles. The van der Waals surface area contributed by atoms with Crippen molar-refractivity contribution in [2.45, 2.75) is 5.75 Å². The van der Waals surface area contributed by atoms with E-state index in [0.29, 0.717) is 18.5 Å². The van der Waals surface area contributed by atoms with Crippen molar-refractivity contribution < 1.29 is 0 Å². The summed E-state index contributed by atoms with van der Waals surface area (Å²) < 4.78 is 0. The minimum atomic E-state index is 0. The van der Waals surface area contributed by atoms with E-state index >= 15 is 0 Å². The molecule has 0 aliphatic heterocycles. The van der Waals surface area contributed by atoms with Crippen molar-refractivity contribution in [1.29, 1.82) is 0 Å². The van der Waals surface area contributed by atoms with Gasteiger partial charge in [0.1, 0.15) is 0 Å². The van der Waals surface area contributed by atoms with Crippen LogP contribution in [0, 0.1) is 0 Å². The molecular weight excluding hydrogens is 283 g/mol. The number of aromatic amines is 1. The summed E-state index contributed by atoms with van der Waals surface area (Å²) in [5, 5.41) is 2.72. The van der Waals surface area contributed by atoms with E-state index < -0.39 is 0 Å². The van der Waals surface area contributed by atoms with E-state index in [1.54, 1.807) is 18.8 Å². The average Bonchev–Trinajstić information content (AvgIpc) is 2.66. The summed E-state index contributed by atoms with van der Waals surface area (Å²) >= 11 is 1.74. The highest BCUT2D eigenvalue weighted by Crippen LogP contribution is 2.12. The molecular formula is C8H18Cl2N6S. The number of hydrogen-bond acceptors (Lipinski definition) is 4. The number of nitrogens with zero attached hydrogens (tertiary/aromatic N) is 2. The largest absolute Gasteiger partial charge is 0.370 e. The van der Waals surface area contributed by atoms with Gasteiger partial charge in [-0.3, -0.25) is 0 Å². The van der Waals surface area contributed by atoms with Crippen LogP contribution in [0.15, 0.2) is 11.2 Å². The number of aliphatic imine (C=N–C) groups is 1. The minimum Gasteiger partial charge on any atom is -0.370 e. The fourth-order valence-corrected chi connectivity index (χ4v) is 1.58. The van der Waals surface area contributed by atoms with Crippen molar-refractivity contribution in [3.63, 3.8) is 0 Å². The molecule has 0 bridgehead atoms. The number of thioether (sulfide) groups is 1. The third-order valence-electron chi connectivity index (χ3n) is 1.61. The smallest absolute Gasteiger partial charge is 0.230 e. The Morgan fingerprint density at radius 1 is 1.59 bits per heavy atom. The molecule has 0 fully saturated rings. The van der Waals surface area contributed by atoms with Crippen LogP contribution in [0.3, 0.4) is 0 Å². The Hall–Kier alpha value is -0.630. The third-order valence-corrected chi connectivity index (χ3v) is 2.64. The van der Waals surface area contributed by atoms with E-state index in [9.17, 15) is 0 Å². The van der Waals surface area contributed by atoms with Crippen molar-refractivity contribution in [2.75, 3.05) is 19.3 Å². The molecule has 0 atom stereocenters. The quantitative estimate of drug-likeness (QED) is 0.362. The summed E-state index contributed by atoms with van der Waals surface area (Å²) in [4.78, 5) is 11.2.